The highest BCUT2D eigenvalue weighted by Gasteiger charge is 2.16. The summed E-state index contributed by atoms with van der Waals surface area (Å²) in [5, 5.41) is 3.49. The minimum atomic E-state index is -0.438. The van der Waals surface area contributed by atoms with E-state index in [1.54, 1.807) is 0 Å². The molecule has 2 rings (SSSR count). The van der Waals surface area contributed by atoms with Crippen LogP contribution in [0.25, 0.3) is 0 Å². The van der Waals surface area contributed by atoms with Gasteiger partial charge >= 0.3 is 6.09 Å². The first-order valence-electron chi connectivity index (χ1n) is 9.13. The van der Waals surface area contributed by atoms with E-state index in [9.17, 15) is 4.79 Å². The lowest BCUT2D eigenvalue weighted by atomic mass is 9.87. The Balaban J connectivity index is 1.86. The van der Waals surface area contributed by atoms with Crippen LogP contribution in [0.1, 0.15) is 44.4 Å². The Morgan fingerprint density at radius 2 is 1.67 bits per heavy atom. The number of hydrogen-bond acceptors (Lipinski definition) is 3. The van der Waals surface area contributed by atoms with E-state index in [1.165, 1.54) is 5.56 Å². The number of amides is 1. The minimum absolute atomic E-state index is 0.0852. The Kier molecular flexibility index (Phi) is 7.28. The zero-order valence-electron chi connectivity index (χ0n) is 16.8. The molecule has 0 aliphatic heterocycles. The molecular formula is C22H29ClN2O2. The fraction of sp³-hybridized carbons (Fsp3) is 0.409. The second kappa shape index (κ2) is 9.25. The van der Waals surface area contributed by atoms with Crippen LogP contribution >= 0.6 is 11.6 Å². The summed E-state index contributed by atoms with van der Waals surface area (Å²) in [5.74, 6) is 0. The molecule has 5 heteroatoms. The first-order valence-corrected chi connectivity index (χ1v) is 9.51. The van der Waals surface area contributed by atoms with Crippen LogP contribution < -0.4 is 5.32 Å². The molecule has 146 valence electrons. The van der Waals surface area contributed by atoms with Gasteiger partial charge in [-0.3, -0.25) is 5.32 Å². The fourth-order valence-corrected chi connectivity index (χ4v) is 3.00. The van der Waals surface area contributed by atoms with E-state index in [-0.39, 0.29) is 11.5 Å². The molecule has 0 bridgehead atoms. The van der Waals surface area contributed by atoms with Crippen molar-refractivity contribution in [1.29, 1.82) is 0 Å². The number of anilines is 1. The summed E-state index contributed by atoms with van der Waals surface area (Å²) in [6.45, 7) is 6.81. The van der Waals surface area contributed by atoms with Crippen molar-refractivity contribution >= 4 is 23.4 Å². The Morgan fingerprint density at radius 1 is 1.07 bits per heavy atom. The lowest BCUT2D eigenvalue weighted by Crippen LogP contribution is -2.23. The molecule has 2 aromatic carbocycles. The van der Waals surface area contributed by atoms with E-state index in [0.717, 1.165) is 11.3 Å². The average Bonchev–Trinajstić information content (AvgIpc) is 2.59. The van der Waals surface area contributed by atoms with Gasteiger partial charge in [-0.2, -0.15) is 0 Å². The third kappa shape index (κ3) is 6.56. The Labute approximate surface area is 167 Å². The number of carbonyl (C=O) groups is 1. The third-order valence-electron chi connectivity index (χ3n) is 4.50. The number of rotatable bonds is 6. The molecule has 0 heterocycles. The number of halogens is 1. The molecule has 0 saturated heterocycles. The molecule has 4 nitrogen and oxygen atoms in total. The number of hydrogen-bond donors (Lipinski definition) is 1. The second-order valence-electron chi connectivity index (χ2n) is 7.91. The van der Waals surface area contributed by atoms with Gasteiger partial charge in [-0.1, -0.05) is 56.6 Å². The topological polar surface area (TPSA) is 41.6 Å². The van der Waals surface area contributed by atoms with Crippen LogP contribution in [0.4, 0.5) is 10.5 Å². The van der Waals surface area contributed by atoms with Crippen LogP contribution in [-0.2, 0) is 10.2 Å². The SMILES string of the molecule is CN(C)C(CCOC(=O)Nc1ccc(C(C)(C)C)cc1)c1ccc(Cl)cc1. The van der Waals surface area contributed by atoms with E-state index < -0.39 is 6.09 Å². The zero-order valence-corrected chi connectivity index (χ0v) is 17.5. The maximum Gasteiger partial charge on any atom is 0.411 e. The van der Waals surface area contributed by atoms with Crippen molar-refractivity contribution in [2.45, 2.75) is 38.6 Å². The van der Waals surface area contributed by atoms with E-state index in [1.807, 2.05) is 62.6 Å². The predicted octanol–water partition coefficient (Wildman–Crippen LogP) is 5.88. The first-order chi connectivity index (χ1) is 12.7. The van der Waals surface area contributed by atoms with Crippen molar-refractivity contribution in [3.05, 3.63) is 64.7 Å². The van der Waals surface area contributed by atoms with Gasteiger partial charge in [-0.05, 0) is 54.9 Å². The van der Waals surface area contributed by atoms with Crippen molar-refractivity contribution in [3.63, 3.8) is 0 Å². The molecule has 27 heavy (non-hydrogen) atoms. The van der Waals surface area contributed by atoms with Crippen molar-refractivity contribution < 1.29 is 9.53 Å². The summed E-state index contributed by atoms with van der Waals surface area (Å²) >= 11 is 5.96. The molecule has 1 atom stereocenters. The molecule has 0 aliphatic carbocycles. The smallest absolute Gasteiger partial charge is 0.411 e. The quantitative estimate of drug-likeness (QED) is 0.671. The van der Waals surface area contributed by atoms with Gasteiger partial charge in [0.1, 0.15) is 0 Å². The van der Waals surface area contributed by atoms with Crippen LogP contribution in [-0.4, -0.2) is 31.7 Å². The molecule has 1 unspecified atom stereocenters. The number of nitrogens with one attached hydrogen (secondary N) is 1. The van der Waals surface area contributed by atoms with E-state index >= 15 is 0 Å². The molecular weight excluding hydrogens is 360 g/mol. The summed E-state index contributed by atoms with van der Waals surface area (Å²) in [4.78, 5) is 14.2. The van der Waals surface area contributed by atoms with Crippen molar-refractivity contribution in [3.8, 4) is 0 Å². The Morgan fingerprint density at radius 3 is 2.19 bits per heavy atom. The van der Waals surface area contributed by atoms with Gasteiger partial charge in [0.25, 0.3) is 0 Å². The highest BCUT2D eigenvalue weighted by atomic mass is 35.5. The molecule has 2 aromatic rings. The van der Waals surface area contributed by atoms with Crippen LogP contribution in [0, 0.1) is 0 Å². The standard InChI is InChI=1S/C22H29ClN2O2/c1-22(2,3)17-8-12-19(13-9-17)24-21(26)27-15-14-20(25(4)5)16-6-10-18(23)11-7-16/h6-13,20H,14-15H2,1-5H3,(H,24,26). The van der Waals surface area contributed by atoms with Gasteiger partial charge in [-0.25, -0.2) is 4.79 Å². The van der Waals surface area contributed by atoms with Crippen LogP contribution in [0.3, 0.4) is 0 Å². The number of nitrogens with zero attached hydrogens (tertiary/aromatic N) is 1. The summed E-state index contributed by atoms with van der Waals surface area (Å²) < 4.78 is 5.37. The maximum absolute atomic E-state index is 12.1. The number of carbonyl (C=O) groups excluding carboxylic acids is 1. The van der Waals surface area contributed by atoms with Crippen LogP contribution in [0.5, 0.6) is 0 Å². The average molecular weight is 389 g/mol. The summed E-state index contributed by atoms with van der Waals surface area (Å²) in [7, 11) is 4.02. The molecule has 0 radical (unpaired) electrons. The highest BCUT2D eigenvalue weighted by Crippen LogP contribution is 2.25. The van der Waals surface area contributed by atoms with Crippen molar-refractivity contribution in [2.75, 3.05) is 26.0 Å². The van der Waals surface area contributed by atoms with Crippen molar-refractivity contribution in [2.24, 2.45) is 0 Å². The normalized spacial score (nSPS) is 12.7. The van der Waals surface area contributed by atoms with Gasteiger partial charge in [0.05, 0.1) is 6.61 Å². The highest BCUT2D eigenvalue weighted by molar-refractivity contribution is 6.30. The Hall–Kier alpha value is -2.04. The Bertz CT molecular complexity index is 734. The lowest BCUT2D eigenvalue weighted by Gasteiger charge is -2.24. The monoisotopic (exact) mass is 388 g/mol. The third-order valence-corrected chi connectivity index (χ3v) is 4.75. The van der Waals surface area contributed by atoms with Crippen LogP contribution in [0.15, 0.2) is 48.5 Å². The van der Waals surface area contributed by atoms with E-state index in [2.05, 4.69) is 31.0 Å². The molecule has 0 fully saturated rings. The molecule has 0 aliphatic rings. The fourth-order valence-electron chi connectivity index (χ4n) is 2.88. The molecule has 0 aromatic heterocycles. The summed E-state index contributed by atoms with van der Waals surface area (Å²) in [6.07, 6.45) is 0.262. The largest absolute Gasteiger partial charge is 0.449 e. The second-order valence-corrected chi connectivity index (χ2v) is 8.34. The predicted molar refractivity (Wildman–Crippen MR) is 113 cm³/mol. The van der Waals surface area contributed by atoms with Crippen LogP contribution in [0.2, 0.25) is 5.02 Å². The number of benzene rings is 2. The molecule has 0 saturated carbocycles. The van der Waals surface area contributed by atoms with Gasteiger partial charge in [0.2, 0.25) is 0 Å². The molecule has 1 amide bonds. The van der Waals surface area contributed by atoms with E-state index in [4.69, 9.17) is 16.3 Å². The van der Waals surface area contributed by atoms with Gasteiger partial charge in [0.15, 0.2) is 0 Å². The minimum Gasteiger partial charge on any atom is -0.449 e. The van der Waals surface area contributed by atoms with Gasteiger partial charge in [0, 0.05) is 23.2 Å². The summed E-state index contributed by atoms with van der Waals surface area (Å²) in [5.41, 5.74) is 3.18. The van der Waals surface area contributed by atoms with Crippen molar-refractivity contribution in [1.82, 2.24) is 4.90 Å². The van der Waals surface area contributed by atoms with Gasteiger partial charge in [-0.15, -0.1) is 0 Å². The molecule has 0 spiro atoms. The number of ether oxygens (including phenoxy) is 1. The lowest BCUT2D eigenvalue weighted by molar-refractivity contribution is 0.145. The first kappa shape index (κ1) is 21.3. The van der Waals surface area contributed by atoms with E-state index in [0.29, 0.717) is 18.1 Å². The summed E-state index contributed by atoms with van der Waals surface area (Å²) in [6, 6.07) is 15.8. The van der Waals surface area contributed by atoms with Gasteiger partial charge < -0.3 is 9.64 Å². The molecule has 1 N–H and O–H groups in total. The maximum atomic E-state index is 12.1. The zero-order chi connectivity index (χ0) is 20.0.